The van der Waals surface area contributed by atoms with E-state index in [1.54, 1.807) is 0 Å². The number of fused-ring (bicyclic) bond motifs is 1. The summed E-state index contributed by atoms with van der Waals surface area (Å²) in [4.78, 5) is 13.6. The topological polar surface area (TPSA) is 40.5 Å². The van der Waals surface area contributed by atoms with E-state index in [-0.39, 0.29) is 0 Å². The van der Waals surface area contributed by atoms with Gasteiger partial charge in [-0.25, -0.2) is 0 Å². The molecule has 1 aliphatic rings. The summed E-state index contributed by atoms with van der Waals surface area (Å²) in [6.45, 7) is 5.34. The molecule has 0 aliphatic carbocycles. The van der Waals surface area contributed by atoms with Crippen LogP contribution in [0.4, 0.5) is 5.69 Å². The molecule has 1 aromatic rings. The van der Waals surface area contributed by atoms with E-state index in [2.05, 4.69) is 23.1 Å². The van der Waals surface area contributed by atoms with Crippen LogP contribution in [0, 0.1) is 5.41 Å². The van der Waals surface area contributed by atoms with Crippen molar-refractivity contribution in [3.8, 4) is 0 Å². The fraction of sp³-hybridized carbons (Fsp3) is 0.533. The summed E-state index contributed by atoms with van der Waals surface area (Å²) in [5.74, 6) is -0.701. The van der Waals surface area contributed by atoms with Crippen molar-refractivity contribution in [1.82, 2.24) is 0 Å². The first-order valence-electron chi connectivity index (χ1n) is 6.63. The van der Waals surface area contributed by atoms with Gasteiger partial charge in [0.2, 0.25) is 0 Å². The molecule has 3 heteroatoms. The van der Waals surface area contributed by atoms with Crippen LogP contribution in [0.2, 0.25) is 0 Å². The molecule has 18 heavy (non-hydrogen) atoms. The molecule has 2 rings (SSSR count). The van der Waals surface area contributed by atoms with Crippen molar-refractivity contribution in [2.45, 2.75) is 33.1 Å². The molecule has 0 spiro atoms. The Morgan fingerprint density at radius 3 is 2.83 bits per heavy atom. The molecule has 0 saturated heterocycles. The lowest BCUT2D eigenvalue weighted by molar-refractivity contribution is -0.147. The molecule has 1 N–H and O–H groups in total. The van der Waals surface area contributed by atoms with Gasteiger partial charge in [0.05, 0.1) is 5.41 Å². The average molecular weight is 247 g/mol. The van der Waals surface area contributed by atoms with Crippen molar-refractivity contribution in [3.05, 3.63) is 29.8 Å². The minimum absolute atomic E-state index is 0.593. The van der Waals surface area contributed by atoms with Crippen LogP contribution in [0.25, 0.3) is 0 Å². The highest BCUT2D eigenvalue weighted by atomic mass is 16.4. The van der Waals surface area contributed by atoms with Gasteiger partial charge in [-0.2, -0.15) is 0 Å². The van der Waals surface area contributed by atoms with Gasteiger partial charge in [-0.15, -0.1) is 0 Å². The lowest BCUT2D eigenvalue weighted by Crippen LogP contribution is -2.43. The van der Waals surface area contributed by atoms with Gasteiger partial charge in [-0.1, -0.05) is 25.1 Å². The number of aliphatic carboxylic acids is 1. The molecule has 3 nitrogen and oxygen atoms in total. The molecule has 98 valence electrons. The van der Waals surface area contributed by atoms with Crippen molar-refractivity contribution in [3.63, 3.8) is 0 Å². The molecule has 0 radical (unpaired) electrons. The van der Waals surface area contributed by atoms with Crippen molar-refractivity contribution in [1.29, 1.82) is 0 Å². The Labute approximate surface area is 108 Å². The molecular formula is C15H21NO2. The largest absolute Gasteiger partial charge is 0.481 e. The summed E-state index contributed by atoms with van der Waals surface area (Å²) in [7, 11) is 0. The van der Waals surface area contributed by atoms with Crippen LogP contribution in [0.3, 0.4) is 0 Å². The van der Waals surface area contributed by atoms with E-state index in [0.29, 0.717) is 13.0 Å². The number of hydrogen-bond donors (Lipinski definition) is 1. The Morgan fingerprint density at radius 1 is 1.44 bits per heavy atom. The van der Waals surface area contributed by atoms with E-state index in [9.17, 15) is 9.90 Å². The SMILES string of the molecule is CCC(C)(CN1CCCc2ccccc21)C(=O)O. The van der Waals surface area contributed by atoms with E-state index >= 15 is 0 Å². The molecular weight excluding hydrogens is 226 g/mol. The van der Waals surface area contributed by atoms with E-state index in [1.165, 1.54) is 11.3 Å². The van der Waals surface area contributed by atoms with Crippen molar-refractivity contribution in [2.75, 3.05) is 18.0 Å². The first kappa shape index (κ1) is 12.9. The summed E-state index contributed by atoms with van der Waals surface area (Å²) in [6.07, 6.45) is 2.86. The highest BCUT2D eigenvalue weighted by Crippen LogP contribution is 2.31. The maximum absolute atomic E-state index is 11.4. The summed E-state index contributed by atoms with van der Waals surface area (Å²) in [5, 5.41) is 9.38. The first-order chi connectivity index (χ1) is 8.57. The summed E-state index contributed by atoms with van der Waals surface area (Å²) >= 11 is 0. The molecule has 0 aromatic heterocycles. The highest BCUT2D eigenvalue weighted by molar-refractivity contribution is 5.75. The Hall–Kier alpha value is -1.51. The fourth-order valence-electron chi connectivity index (χ4n) is 2.53. The normalized spacial score (nSPS) is 18.0. The second-order valence-corrected chi connectivity index (χ2v) is 5.37. The van der Waals surface area contributed by atoms with E-state index in [1.807, 2.05) is 19.9 Å². The highest BCUT2D eigenvalue weighted by Gasteiger charge is 2.34. The van der Waals surface area contributed by atoms with Crippen LogP contribution in [0.1, 0.15) is 32.3 Å². The third-order valence-corrected chi connectivity index (χ3v) is 4.04. The number of carboxylic acid groups (broad SMARTS) is 1. The molecule has 0 amide bonds. The minimum Gasteiger partial charge on any atom is -0.481 e. The second kappa shape index (κ2) is 5.01. The van der Waals surface area contributed by atoms with Gasteiger partial charge in [0.1, 0.15) is 0 Å². The van der Waals surface area contributed by atoms with Crippen LogP contribution in [-0.4, -0.2) is 24.2 Å². The van der Waals surface area contributed by atoms with Crippen molar-refractivity contribution < 1.29 is 9.90 Å². The summed E-state index contributed by atoms with van der Waals surface area (Å²) in [6, 6.07) is 8.33. The van der Waals surface area contributed by atoms with Crippen LogP contribution in [-0.2, 0) is 11.2 Å². The van der Waals surface area contributed by atoms with Gasteiger partial charge >= 0.3 is 5.97 Å². The number of anilines is 1. The van der Waals surface area contributed by atoms with Gasteiger partial charge in [0.15, 0.2) is 0 Å². The zero-order chi connectivity index (χ0) is 13.2. The zero-order valence-corrected chi connectivity index (χ0v) is 11.1. The number of hydrogen-bond acceptors (Lipinski definition) is 2. The molecule has 1 aromatic carbocycles. The van der Waals surface area contributed by atoms with Crippen LogP contribution in [0.5, 0.6) is 0 Å². The first-order valence-corrected chi connectivity index (χ1v) is 6.63. The van der Waals surface area contributed by atoms with Crippen LogP contribution < -0.4 is 4.90 Å². The van der Waals surface area contributed by atoms with Gasteiger partial charge < -0.3 is 10.0 Å². The molecule has 0 fully saturated rings. The number of nitrogens with zero attached hydrogens (tertiary/aromatic N) is 1. The Morgan fingerprint density at radius 2 is 2.17 bits per heavy atom. The predicted molar refractivity (Wildman–Crippen MR) is 73.0 cm³/mol. The molecule has 0 saturated carbocycles. The number of para-hydroxylation sites is 1. The predicted octanol–water partition coefficient (Wildman–Crippen LogP) is 2.94. The van der Waals surface area contributed by atoms with Gasteiger partial charge in [-0.3, -0.25) is 4.79 Å². The number of aryl methyl sites for hydroxylation is 1. The van der Waals surface area contributed by atoms with Crippen LogP contribution in [0.15, 0.2) is 24.3 Å². The molecule has 1 unspecified atom stereocenters. The monoisotopic (exact) mass is 247 g/mol. The second-order valence-electron chi connectivity index (χ2n) is 5.37. The maximum Gasteiger partial charge on any atom is 0.311 e. The lowest BCUT2D eigenvalue weighted by Gasteiger charge is -2.37. The van der Waals surface area contributed by atoms with Crippen LogP contribution >= 0.6 is 0 Å². The van der Waals surface area contributed by atoms with E-state index < -0.39 is 11.4 Å². The quantitative estimate of drug-likeness (QED) is 0.889. The molecule has 1 aliphatic heterocycles. The average Bonchev–Trinajstić information content (AvgIpc) is 2.39. The number of rotatable bonds is 4. The number of carbonyl (C=O) groups is 1. The third kappa shape index (κ3) is 2.35. The van der Waals surface area contributed by atoms with E-state index in [0.717, 1.165) is 19.4 Å². The zero-order valence-electron chi connectivity index (χ0n) is 11.1. The minimum atomic E-state index is -0.701. The maximum atomic E-state index is 11.4. The number of benzene rings is 1. The summed E-state index contributed by atoms with van der Waals surface area (Å²) in [5.41, 5.74) is 1.89. The molecule has 0 bridgehead atoms. The lowest BCUT2D eigenvalue weighted by atomic mass is 9.86. The van der Waals surface area contributed by atoms with Gasteiger partial charge in [-0.05, 0) is 37.8 Å². The Bertz CT molecular complexity index is 444. The number of carboxylic acids is 1. The van der Waals surface area contributed by atoms with Crippen molar-refractivity contribution in [2.24, 2.45) is 5.41 Å². The smallest absolute Gasteiger partial charge is 0.311 e. The van der Waals surface area contributed by atoms with Gasteiger partial charge in [0.25, 0.3) is 0 Å². The molecule has 1 heterocycles. The Balaban J connectivity index is 2.23. The standard InChI is InChI=1S/C15H21NO2/c1-3-15(2,14(17)18)11-16-10-6-8-12-7-4-5-9-13(12)16/h4-5,7,9H,3,6,8,10-11H2,1-2H3,(H,17,18). The van der Waals surface area contributed by atoms with Crippen molar-refractivity contribution >= 4 is 11.7 Å². The van der Waals surface area contributed by atoms with Gasteiger partial charge in [0, 0.05) is 18.8 Å². The third-order valence-electron chi connectivity index (χ3n) is 4.04. The summed E-state index contributed by atoms with van der Waals surface area (Å²) < 4.78 is 0. The fourth-order valence-corrected chi connectivity index (χ4v) is 2.53. The van der Waals surface area contributed by atoms with E-state index in [4.69, 9.17) is 0 Å². The Kier molecular flexibility index (Phi) is 3.60. The molecule has 1 atom stereocenters.